The first-order valence-electron chi connectivity index (χ1n) is 13.9. The van der Waals surface area contributed by atoms with E-state index in [1.54, 1.807) is 0 Å². The standard InChI is InChI=1S/C32H43N3O3/c1-24-29(30-8-4-10-32(25(30)2)38-22-6-19-35-20-16-28(36)23-35)7-3-9-31(24)37-21-5-17-34-18-15-26-11-13-27(33)14-12-26/h3-4,7-14,28,34,36H,5-6,15-23,33H2,1-2H3/t28-/m1/s1. The van der Waals surface area contributed by atoms with Crippen molar-refractivity contribution in [2.75, 3.05) is 51.7 Å². The zero-order valence-electron chi connectivity index (χ0n) is 22.9. The van der Waals surface area contributed by atoms with E-state index in [2.05, 4.69) is 66.5 Å². The van der Waals surface area contributed by atoms with Crippen LogP contribution >= 0.6 is 0 Å². The molecule has 3 aromatic rings. The van der Waals surface area contributed by atoms with Gasteiger partial charge < -0.3 is 30.5 Å². The van der Waals surface area contributed by atoms with Gasteiger partial charge >= 0.3 is 0 Å². The van der Waals surface area contributed by atoms with E-state index >= 15 is 0 Å². The van der Waals surface area contributed by atoms with Crippen LogP contribution in [0.25, 0.3) is 11.1 Å². The van der Waals surface area contributed by atoms with Crippen LogP contribution in [0.15, 0.2) is 60.7 Å². The minimum Gasteiger partial charge on any atom is -0.493 e. The molecule has 1 heterocycles. The lowest BCUT2D eigenvalue weighted by molar-refractivity contribution is 0.173. The Hall–Kier alpha value is -3.06. The number of aliphatic hydroxyl groups excluding tert-OH is 1. The Morgan fingerprint density at radius 3 is 2.11 bits per heavy atom. The van der Waals surface area contributed by atoms with Crippen molar-refractivity contribution >= 4 is 5.69 Å². The number of hydrogen-bond acceptors (Lipinski definition) is 6. The fraction of sp³-hybridized carbons (Fsp3) is 0.438. The molecule has 38 heavy (non-hydrogen) atoms. The van der Waals surface area contributed by atoms with Crippen molar-refractivity contribution in [3.8, 4) is 22.6 Å². The van der Waals surface area contributed by atoms with Crippen LogP contribution in [0.1, 0.15) is 36.0 Å². The molecule has 0 saturated carbocycles. The van der Waals surface area contributed by atoms with Gasteiger partial charge in [0.05, 0.1) is 19.3 Å². The summed E-state index contributed by atoms with van der Waals surface area (Å²) in [4.78, 5) is 2.31. The third-order valence-electron chi connectivity index (χ3n) is 7.31. The second kappa shape index (κ2) is 14.2. The Morgan fingerprint density at radius 1 is 0.868 bits per heavy atom. The molecule has 4 N–H and O–H groups in total. The molecule has 1 fully saturated rings. The minimum absolute atomic E-state index is 0.166. The molecular weight excluding hydrogens is 474 g/mol. The average molecular weight is 518 g/mol. The number of nitrogens with one attached hydrogen (secondary N) is 1. The fourth-order valence-corrected chi connectivity index (χ4v) is 5.03. The van der Waals surface area contributed by atoms with Gasteiger partial charge in [-0.25, -0.2) is 0 Å². The summed E-state index contributed by atoms with van der Waals surface area (Å²) in [5.41, 5.74) is 12.5. The van der Waals surface area contributed by atoms with Gasteiger partial charge in [-0.1, -0.05) is 36.4 Å². The lowest BCUT2D eigenvalue weighted by Gasteiger charge is -2.18. The molecule has 0 spiro atoms. The second-order valence-electron chi connectivity index (χ2n) is 10.2. The summed E-state index contributed by atoms with van der Waals surface area (Å²) in [7, 11) is 0. The summed E-state index contributed by atoms with van der Waals surface area (Å²) in [6.45, 7) is 10.2. The smallest absolute Gasteiger partial charge is 0.122 e. The number of nitrogens with zero attached hydrogens (tertiary/aromatic N) is 1. The van der Waals surface area contributed by atoms with Gasteiger partial charge in [0.25, 0.3) is 0 Å². The third-order valence-corrected chi connectivity index (χ3v) is 7.31. The average Bonchev–Trinajstić information content (AvgIpc) is 3.34. The molecule has 0 amide bonds. The first kappa shape index (κ1) is 28.0. The van der Waals surface area contributed by atoms with Gasteiger partial charge in [-0.2, -0.15) is 0 Å². The van der Waals surface area contributed by atoms with Gasteiger partial charge in [0.2, 0.25) is 0 Å². The normalized spacial score (nSPS) is 15.6. The van der Waals surface area contributed by atoms with Gasteiger partial charge in [-0.3, -0.25) is 0 Å². The third kappa shape index (κ3) is 7.97. The molecule has 204 valence electrons. The maximum Gasteiger partial charge on any atom is 0.122 e. The van der Waals surface area contributed by atoms with Crippen molar-refractivity contribution in [2.24, 2.45) is 0 Å². The Balaban J connectivity index is 1.23. The number of aliphatic hydroxyl groups is 1. The van der Waals surface area contributed by atoms with E-state index in [4.69, 9.17) is 15.2 Å². The van der Waals surface area contributed by atoms with Gasteiger partial charge in [-0.05, 0) is 105 Å². The number of nitrogens with two attached hydrogens (primary N) is 1. The molecule has 1 aliphatic rings. The Labute approximate surface area is 227 Å². The molecule has 3 aromatic carbocycles. The van der Waals surface area contributed by atoms with Crippen molar-refractivity contribution in [3.63, 3.8) is 0 Å². The van der Waals surface area contributed by atoms with Crippen LogP contribution in [0, 0.1) is 13.8 Å². The molecule has 6 heteroatoms. The van der Waals surface area contributed by atoms with Crippen LogP contribution in [0.2, 0.25) is 0 Å². The fourth-order valence-electron chi connectivity index (χ4n) is 5.03. The molecule has 1 saturated heterocycles. The van der Waals surface area contributed by atoms with Crippen molar-refractivity contribution in [2.45, 2.75) is 45.6 Å². The maximum absolute atomic E-state index is 9.70. The van der Waals surface area contributed by atoms with Crippen LogP contribution in [0.5, 0.6) is 11.5 Å². The van der Waals surface area contributed by atoms with Crippen molar-refractivity contribution in [1.82, 2.24) is 10.2 Å². The van der Waals surface area contributed by atoms with Crippen LogP contribution in [0.3, 0.4) is 0 Å². The van der Waals surface area contributed by atoms with Gasteiger partial charge in [0.15, 0.2) is 0 Å². The molecule has 1 atom stereocenters. The maximum atomic E-state index is 9.70. The molecule has 0 aromatic heterocycles. The largest absolute Gasteiger partial charge is 0.493 e. The lowest BCUT2D eigenvalue weighted by atomic mass is 9.95. The highest BCUT2D eigenvalue weighted by Crippen LogP contribution is 2.35. The van der Waals surface area contributed by atoms with Crippen molar-refractivity contribution in [1.29, 1.82) is 0 Å². The summed E-state index contributed by atoms with van der Waals surface area (Å²) in [5, 5.41) is 13.2. The van der Waals surface area contributed by atoms with E-state index in [0.29, 0.717) is 13.2 Å². The predicted molar refractivity (Wildman–Crippen MR) is 156 cm³/mol. The summed E-state index contributed by atoms with van der Waals surface area (Å²) >= 11 is 0. The Kier molecular flexibility index (Phi) is 10.4. The van der Waals surface area contributed by atoms with E-state index in [0.717, 1.165) is 86.7 Å². The molecule has 1 aliphatic heterocycles. The second-order valence-corrected chi connectivity index (χ2v) is 10.2. The van der Waals surface area contributed by atoms with Crippen LogP contribution in [0.4, 0.5) is 5.69 Å². The number of ether oxygens (including phenoxy) is 2. The molecular formula is C32H43N3O3. The van der Waals surface area contributed by atoms with Crippen LogP contribution in [-0.2, 0) is 6.42 Å². The molecule has 4 rings (SSSR count). The highest BCUT2D eigenvalue weighted by atomic mass is 16.5. The molecule has 0 bridgehead atoms. The SMILES string of the molecule is Cc1c(OCCCNCCc2ccc(N)cc2)cccc1-c1cccc(OCCCN2CC[C@@H](O)C2)c1C. The molecule has 0 unspecified atom stereocenters. The van der Waals surface area contributed by atoms with Crippen molar-refractivity contribution in [3.05, 3.63) is 77.4 Å². The van der Waals surface area contributed by atoms with Crippen LogP contribution < -0.4 is 20.5 Å². The summed E-state index contributed by atoms with van der Waals surface area (Å²) in [6, 6.07) is 20.6. The number of benzene rings is 3. The summed E-state index contributed by atoms with van der Waals surface area (Å²) in [5.74, 6) is 1.86. The van der Waals surface area contributed by atoms with E-state index in [1.807, 2.05) is 18.2 Å². The zero-order valence-corrected chi connectivity index (χ0v) is 22.9. The monoisotopic (exact) mass is 517 g/mol. The number of nitrogen functional groups attached to an aromatic ring is 1. The number of hydrogen-bond donors (Lipinski definition) is 3. The topological polar surface area (TPSA) is 80.0 Å². The number of likely N-dealkylation sites (tertiary alicyclic amines) is 1. The molecule has 6 nitrogen and oxygen atoms in total. The van der Waals surface area contributed by atoms with E-state index in [9.17, 15) is 5.11 Å². The van der Waals surface area contributed by atoms with E-state index in [1.165, 1.54) is 16.7 Å². The summed E-state index contributed by atoms with van der Waals surface area (Å²) in [6.07, 6.45) is 3.61. The minimum atomic E-state index is -0.166. The first-order valence-corrected chi connectivity index (χ1v) is 13.9. The van der Waals surface area contributed by atoms with E-state index in [-0.39, 0.29) is 6.10 Å². The van der Waals surface area contributed by atoms with Crippen molar-refractivity contribution < 1.29 is 14.6 Å². The predicted octanol–water partition coefficient (Wildman–Crippen LogP) is 4.99. The summed E-state index contributed by atoms with van der Waals surface area (Å²) < 4.78 is 12.3. The Morgan fingerprint density at radius 2 is 1.50 bits per heavy atom. The highest BCUT2D eigenvalue weighted by molar-refractivity contribution is 5.74. The molecule has 0 aliphatic carbocycles. The number of anilines is 1. The van der Waals surface area contributed by atoms with E-state index < -0.39 is 0 Å². The molecule has 0 radical (unpaired) electrons. The van der Waals surface area contributed by atoms with Crippen LogP contribution in [-0.4, -0.2) is 62.0 Å². The highest BCUT2D eigenvalue weighted by Gasteiger charge is 2.19. The Bertz CT molecular complexity index is 1150. The lowest BCUT2D eigenvalue weighted by Crippen LogP contribution is -2.24. The number of β-amino-alcohol motifs (C(OH)–C–C–N with tert-alkyl or cyclic N) is 1. The quantitative estimate of drug-likeness (QED) is 0.207. The number of rotatable bonds is 14. The van der Waals surface area contributed by atoms with Gasteiger partial charge in [-0.15, -0.1) is 0 Å². The first-order chi connectivity index (χ1) is 18.5. The zero-order chi connectivity index (χ0) is 26.7. The van der Waals surface area contributed by atoms with Gasteiger partial charge in [0.1, 0.15) is 11.5 Å². The van der Waals surface area contributed by atoms with Gasteiger partial charge in [0, 0.05) is 25.3 Å².